The average molecular weight is 1860 g/mol. The van der Waals surface area contributed by atoms with Gasteiger partial charge in [0.15, 0.2) is 31.0 Å². The first-order chi connectivity index (χ1) is 69.6. The molecule has 0 aliphatic heterocycles. The first kappa shape index (κ1) is 91.3. The zero-order chi connectivity index (χ0) is 109. The number of benzene rings is 7. The van der Waals surface area contributed by atoms with Crippen molar-refractivity contribution in [3.8, 4) is 85.4 Å². The molecule has 10 heteroatoms. The van der Waals surface area contributed by atoms with E-state index in [0.29, 0.717) is 75.9 Å². The van der Waals surface area contributed by atoms with Crippen LogP contribution in [0.2, 0.25) is 0 Å². The zero-order valence-electron chi connectivity index (χ0n) is 98.6. The third-order valence-corrected chi connectivity index (χ3v) is 28.2. The molecule has 0 atom stereocenters. The molecule has 0 N–H and O–H groups in total. The summed E-state index contributed by atoms with van der Waals surface area (Å²) in [6.07, 6.45) is 16.3. The van der Waals surface area contributed by atoms with E-state index in [9.17, 15) is 0 Å². The predicted molar refractivity (Wildman–Crippen MR) is 590 cm³/mol. The van der Waals surface area contributed by atoms with Crippen molar-refractivity contribution >= 4 is 21.8 Å². The van der Waals surface area contributed by atoms with Crippen molar-refractivity contribution in [2.75, 3.05) is 0 Å². The maximum Gasteiger partial charge on any atom is 0.229 e. The van der Waals surface area contributed by atoms with Crippen molar-refractivity contribution in [2.45, 2.75) is 274 Å². The molecule has 0 unspecified atom stereocenters. The van der Waals surface area contributed by atoms with E-state index in [2.05, 4.69) is 444 Å². The van der Waals surface area contributed by atoms with Crippen LogP contribution in [0.1, 0.15) is 327 Å². The van der Waals surface area contributed by atoms with Gasteiger partial charge in [0, 0.05) is 112 Å². The third kappa shape index (κ3) is 21.4. The first-order valence-electron chi connectivity index (χ1n) is 54.9. The fourth-order valence-electron chi connectivity index (χ4n) is 20.1. The van der Waals surface area contributed by atoms with E-state index in [1.54, 1.807) is 18.6 Å². The highest BCUT2D eigenvalue weighted by atomic mass is 15.1. The molecular formula is C129H161N10+5. The lowest BCUT2D eigenvalue weighted by Crippen LogP contribution is -2.32. The molecule has 0 bridgehead atoms. The quantitative estimate of drug-likeness (QED) is 0.0683. The van der Waals surface area contributed by atoms with E-state index in [-0.39, 0.29) is 0 Å². The van der Waals surface area contributed by atoms with Gasteiger partial charge in [-0.1, -0.05) is 266 Å². The molecule has 0 amide bonds. The molecule has 10 nitrogen and oxygen atoms in total. The second kappa shape index (κ2) is 43.7. The third-order valence-electron chi connectivity index (χ3n) is 28.2. The molecule has 0 fully saturated rings. The molecule has 7 aromatic carbocycles. The summed E-state index contributed by atoms with van der Waals surface area (Å²) in [5.41, 5.74) is 43.2. The summed E-state index contributed by atoms with van der Waals surface area (Å²) < 4.78 is 93.2. The molecular weight excluding hydrogens is 1690 g/mol. The molecule has 0 aliphatic carbocycles. The molecule has 0 saturated heterocycles. The van der Waals surface area contributed by atoms with Gasteiger partial charge in [-0.05, 0) is 278 Å². The smallest absolute Gasteiger partial charge is 0.229 e. The Morgan fingerprint density at radius 2 is 0.504 bits per heavy atom. The van der Waals surface area contributed by atoms with Crippen LogP contribution in [0.4, 0.5) is 0 Å². The monoisotopic (exact) mass is 1860 g/mol. The van der Waals surface area contributed by atoms with Crippen LogP contribution in [0.15, 0.2) is 262 Å². The van der Waals surface area contributed by atoms with E-state index >= 15 is 0 Å². The minimum atomic E-state index is -2.14. The average Bonchev–Trinajstić information content (AvgIpc) is 1.56. The second-order valence-electron chi connectivity index (χ2n) is 41.8. The van der Waals surface area contributed by atoms with Crippen LogP contribution in [0, 0.1) is 75.9 Å². The number of hydrogen-bond donors (Lipinski definition) is 0. The summed E-state index contributed by atoms with van der Waals surface area (Å²) in [6, 6.07) is 76.1. The van der Waals surface area contributed by atoms with Gasteiger partial charge in [0.1, 0.15) is 63.7 Å². The summed E-state index contributed by atoms with van der Waals surface area (Å²) in [5.74, 6) is 4.34. The highest BCUT2D eigenvalue weighted by Crippen LogP contribution is 2.45. The van der Waals surface area contributed by atoms with Crippen LogP contribution in [-0.4, -0.2) is 22.8 Å². The van der Waals surface area contributed by atoms with Crippen LogP contribution < -0.4 is 22.8 Å². The number of hydrogen-bond acceptors (Lipinski definition) is 0. The van der Waals surface area contributed by atoms with Crippen molar-refractivity contribution in [1.29, 1.82) is 0 Å². The molecule has 17 aromatic rings. The second-order valence-corrected chi connectivity index (χ2v) is 41.8. The SMILES string of the molecule is Cc1ccn(-c2c(C(C)C)cccc2C(C)C)c1-c1cc(C(C)C)cc[n+]1C.Cc1ccn(-c2ccccc2C(C)C)c1-c1cc(C(C)C)cc[n+]1C.[2H]C([2H])([2H])c1c[n+](C)c(-c2c(C)c3ccccc3n2-c2c(C(C)C)cccc2C(C)C)cc1C.[2H]C([2H])([2H])c1c[n+](C)c(-c2c(C)c3ccccc3n2-c2ccccc2C(C)C)cc1C.[2H]C([2H])([2H])c1c[n+](C)c(-c2c(C)ccn2-c2c(C(C)C)cccc2C(C)C)cc1C. The number of rotatable bonds is 20. The highest BCUT2D eigenvalue weighted by molar-refractivity contribution is 5.94. The topological polar surface area (TPSA) is 44.0 Å². The van der Waals surface area contributed by atoms with Gasteiger partial charge in [-0.2, -0.15) is 22.8 Å². The lowest BCUT2D eigenvalue weighted by molar-refractivity contribution is -0.661. The minimum absolute atomic E-state index is 0.358. The van der Waals surface area contributed by atoms with Gasteiger partial charge in [-0.15, -0.1) is 0 Å². The van der Waals surface area contributed by atoms with Crippen LogP contribution in [0.3, 0.4) is 0 Å². The lowest BCUT2D eigenvalue weighted by Gasteiger charge is -2.23. The fourth-order valence-corrected chi connectivity index (χ4v) is 20.1. The summed E-state index contributed by atoms with van der Waals surface area (Å²) in [7, 11) is 10.1. The number of para-hydroxylation sites is 7. The van der Waals surface area contributed by atoms with E-state index in [1.807, 2.05) is 73.8 Å². The molecule has 0 spiro atoms. The first-order valence-corrected chi connectivity index (χ1v) is 50.4. The van der Waals surface area contributed by atoms with E-state index in [4.69, 9.17) is 12.3 Å². The van der Waals surface area contributed by atoms with Gasteiger partial charge < -0.3 is 22.8 Å². The standard InChI is InChI=1S/C29H35N2.C26H29N2.C26H35N2.C25H33N2.C23H29N2/c1-18(2)23-13-11-14-24(19(3)4)29(23)31-26-15-10-9-12-25(26)22(7)28(31)27-16-20(5)21(6)17-30(27)8;1-17(2)21-11-7-9-13-23(21)28-24-14-10-8-12-22(24)20(5)26(28)25-15-18(3)19(4)16-27(25)6;1-17(2)21-13-14-27(8)24(16-21)25-20(7)12-15-28(25)26-22(18(3)4)10-9-11-23(26)19(5)6;1-16(2)21-10-9-11-22(17(3)4)25(21)27-13-12-18(5)24(27)23-14-19(6)20(7)15-26(23)8;1-16(2)19-12-13-24(6)22(15-19)23-18(5)11-14-25(23)21-10-8-7-9-20(21)17(3)4/h9-19H,1-8H3;7-17H,1-6H3;9-19H,1-8H3;9-17H,1-8H3;7-17H,1-6H3/q5*+1/i6D3;4D3;;7D3;. The van der Waals surface area contributed by atoms with E-state index in [1.165, 1.54) is 145 Å². The maximum atomic E-state index is 7.96. The molecule has 10 heterocycles. The molecule has 139 heavy (non-hydrogen) atoms. The number of fused-ring (bicyclic) bond motifs is 2. The predicted octanol–water partition coefficient (Wildman–Crippen LogP) is 31.8. The Morgan fingerprint density at radius 3 is 0.849 bits per heavy atom. The van der Waals surface area contributed by atoms with Gasteiger partial charge in [-0.25, -0.2) is 0 Å². The summed E-state index contributed by atoms with van der Waals surface area (Å²) in [5, 5.41) is 2.41. The lowest BCUT2D eigenvalue weighted by atomic mass is 9.92. The van der Waals surface area contributed by atoms with Crippen LogP contribution in [-0.2, 0) is 35.2 Å². The van der Waals surface area contributed by atoms with Gasteiger partial charge >= 0.3 is 0 Å². The normalized spacial score (nSPS) is 12.9. The molecule has 0 radical (unpaired) electrons. The highest BCUT2D eigenvalue weighted by Gasteiger charge is 2.33. The molecule has 0 aliphatic rings. The Kier molecular flexibility index (Phi) is 28.7. The molecule has 722 valence electrons. The Morgan fingerprint density at radius 1 is 0.230 bits per heavy atom. The summed E-state index contributed by atoms with van der Waals surface area (Å²) in [6.45, 7) is 55.2. The number of nitrogens with zero attached hydrogens (tertiary/aromatic N) is 10. The number of pyridine rings is 5. The van der Waals surface area contributed by atoms with E-state index < -0.39 is 20.6 Å². The Labute approximate surface area is 847 Å². The Bertz CT molecular complexity index is 7590. The van der Waals surface area contributed by atoms with Crippen molar-refractivity contribution in [1.82, 2.24) is 22.8 Å². The van der Waals surface area contributed by atoms with Crippen LogP contribution >= 0.6 is 0 Å². The van der Waals surface area contributed by atoms with Gasteiger partial charge in [0.05, 0.1) is 28.1 Å². The van der Waals surface area contributed by atoms with Crippen molar-refractivity contribution in [3.05, 3.63) is 379 Å². The van der Waals surface area contributed by atoms with Crippen molar-refractivity contribution < 1.29 is 35.2 Å². The van der Waals surface area contributed by atoms with Gasteiger partial charge in [0.25, 0.3) is 0 Å². The maximum absolute atomic E-state index is 7.96. The van der Waals surface area contributed by atoms with Crippen LogP contribution in [0.25, 0.3) is 107 Å². The molecule has 17 rings (SSSR count). The van der Waals surface area contributed by atoms with Gasteiger partial charge in [0.2, 0.25) is 28.5 Å². The van der Waals surface area contributed by atoms with Gasteiger partial charge in [-0.3, -0.25) is 0 Å². The summed E-state index contributed by atoms with van der Waals surface area (Å²) >= 11 is 0. The molecule has 10 aromatic heterocycles. The Balaban J connectivity index is 0.000000155. The fraction of sp³-hybridized carbons (Fsp3) is 0.357. The van der Waals surface area contributed by atoms with Crippen molar-refractivity contribution in [3.63, 3.8) is 0 Å². The number of aryl methyl sites for hydroxylation is 16. The van der Waals surface area contributed by atoms with E-state index in [0.717, 1.165) is 62.1 Å². The zero-order valence-corrected chi connectivity index (χ0v) is 89.6. The number of aromatic nitrogens is 10. The minimum Gasteiger partial charge on any atom is -0.311 e. The van der Waals surface area contributed by atoms with Crippen molar-refractivity contribution in [2.24, 2.45) is 35.2 Å². The Hall–Kier alpha value is -12.8. The van der Waals surface area contributed by atoms with Crippen LogP contribution in [0.5, 0.6) is 0 Å². The molecule has 0 saturated carbocycles. The summed E-state index contributed by atoms with van der Waals surface area (Å²) in [4.78, 5) is 0. The largest absolute Gasteiger partial charge is 0.311 e.